The highest BCUT2D eigenvalue weighted by Crippen LogP contribution is 2.40. The van der Waals surface area contributed by atoms with Crippen molar-refractivity contribution < 1.29 is 14.2 Å². The molecular weight excluding hydrogens is 396 g/mol. The number of para-hydroxylation sites is 2. The monoisotopic (exact) mass is 420 g/mol. The fraction of sp³-hybridized carbons (Fsp3) is 0.227. The minimum Gasteiger partial charge on any atom is -0.493 e. The van der Waals surface area contributed by atoms with Gasteiger partial charge in [-0.05, 0) is 19.1 Å². The summed E-state index contributed by atoms with van der Waals surface area (Å²) in [5.74, 6) is 3.36. The van der Waals surface area contributed by atoms with Crippen molar-refractivity contribution in [3.05, 3.63) is 48.2 Å². The molecule has 0 aliphatic rings. The normalized spacial score (nSPS) is 10.7. The average Bonchev–Trinajstić information content (AvgIpc) is 3.10. The molecule has 0 amide bonds. The minimum absolute atomic E-state index is 0.430. The van der Waals surface area contributed by atoms with E-state index in [4.69, 9.17) is 14.2 Å². The Morgan fingerprint density at radius 3 is 2.26 bits per heavy atom. The summed E-state index contributed by atoms with van der Waals surface area (Å²) in [5, 5.41) is 6.51. The molecule has 9 heteroatoms. The molecule has 0 bridgehead atoms. The van der Waals surface area contributed by atoms with Crippen LogP contribution in [0.5, 0.6) is 17.2 Å². The van der Waals surface area contributed by atoms with Gasteiger partial charge in [0.15, 0.2) is 11.5 Å². The number of aromatic nitrogens is 4. The van der Waals surface area contributed by atoms with Crippen LogP contribution in [0.2, 0.25) is 0 Å². The van der Waals surface area contributed by atoms with Gasteiger partial charge in [0, 0.05) is 36.6 Å². The number of rotatable bonds is 7. The van der Waals surface area contributed by atoms with Gasteiger partial charge in [0.2, 0.25) is 17.6 Å². The van der Waals surface area contributed by atoms with Crippen molar-refractivity contribution in [3.8, 4) is 17.2 Å². The van der Waals surface area contributed by atoms with E-state index in [0.717, 1.165) is 22.3 Å². The molecule has 9 nitrogen and oxygen atoms in total. The maximum absolute atomic E-state index is 5.43. The number of nitrogens with one attached hydrogen (secondary N) is 2. The lowest BCUT2D eigenvalue weighted by Gasteiger charge is -2.16. The zero-order valence-electron chi connectivity index (χ0n) is 18.1. The van der Waals surface area contributed by atoms with E-state index in [0.29, 0.717) is 35.0 Å². The van der Waals surface area contributed by atoms with Crippen LogP contribution in [-0.2, 0) is 7.05 Å². The van der Waals surface area contributed by atoms with Gasteiger partial charge in [-0.25, -0.2) is 9.97 Å². The SMILES string of the molecule is COc1cc(Nc2nc(Nc3nc4ccccc4n3C)ncc2C)cc(OC)c1OC. The zero-order valence-corrected chi connectivity index (χ0v) is 18.1. The summed E-state index contributed by atoms with van der Waals surface area (Å²) in [6, 6.07) is 11.6. The number of ether oxygens (including phenoxy) is 3. The van der Waals surface area contributed by atoms with Gasteiger partial charge in [-0.1, -0.05) is 12.1 Å². The first-order valence-electron chi connectivity index (χ1n) is 9.63. The highest BCUT2D eigenvalue weighted by molar-refractivity contribution is 5.79. The second-order valence-electron chi connectivity index (χ2n) is 6.87. The molecule has 0 saturated heterocycles. The second kappa shape index (κ2) is 8.39. The third-order valence-corrected chi connectivity index (χ3v) is 4.91. The average molecular weight is 420 g/mol. The number of benzene rings is 2. The molecule has 160 valence electrons. The fourth-order valence-corrected chi connectivity index (χ4v) is 3.28. The lowest BCUT2D eigenvalue weighted by molar-refractivity contribution is 0.324. The third-order valence-electron chi connectivity index (χ3n) is 4.91. The molecule has 4 rings (SSSR count). The molecule has 0 radical (unpaired) electrons. The van der Waals surface area contributed by atoms with E-state index in [1.54, 1.807) is 27.5 Å². The Morgan fingerprint density at radius 1 is 0.903 bits per heavy atom. The Labute approximate surface area is 180 Å². The van der Waals surface area contributed by atoms with E-state index in [9.17, 15) is 0 Å². The van der Waals surface area contributed by atoms with E-state index < -0.39 is 0 Å². The van der Waals surface area contributed by atoms with Crippen LogP contribution in [-0.4, -0.2) is 40.8 Å². The van der Waals surface area contributed by atoms with Crippen LogP contribution in [0.4, 0.5) is 23.4 Å². The topological polar surface area (TPSA) is 95.4 Å². The molecule has 2 aromatic heterocycles. The van der Waals surface area contributed by atoms with Crippen LogP contribution in [0.1, 0.15) is 5.56 Å². The van der Waals surface area contributed by atoms with Crippen molar-refractivity contribution in [2.24, 2.45) is 7.05 Å². The molecule has 0 atom stereocenters. The molecule has 0 saturated carbocycles. The number of nitrogens with zero attached hydrogens (tertiary/aromatic N) is 4. The predicted molar refractivity (Wildman–Crippen MR) is 120 cm³/mol. The molecule has 0 aliphatic heterocycles. The molecular formula is C22H24N6O3. The van der Waals surface area contributed by atoms with Gasteiger partial charge < -0.3 is 24.1 Å². The van der Waals surface area contributed by atoms with Crippen LogP contribution in [0.3, 0.4) is 0 Å². The van der Waals surface area contributed by atoms with E-state index in [-0.39, 0.29) is 0 Å². The standard InChI is InChI=1S/C22H24N6O3/c1-13-12-23-21(27-22-25-15-8-6-7-9-16(15)28(22)2)26-20(13)24-14-10-17(29-3)19(31-5)18(11-14)30-4/h6-12H,1-5H3,(H2,23,24,25,26,27). The summed E-state index contributed by atoms with van der Waals surface area (Å²) in [6.07, 6.45) is 1.75. The van der Waals surface area contributed by atoms with Crippen molar-refractivity contribution in [3.63, 3.8) is 0 Å². The molecule has 0 aliphatic carbocycles. The lowest BCUT2D eigenvalue weighted by Crippen LogP contribution is -2.06. The third kappa shape index (κ3) is 3.89. The number of hydrogen-bond donors (Lipinski definition) is 2. The minimum atomic E-state index is 0.430. The van der Waals surface area contributed by atoms with Gasteiger partial charge in [0.25, 0.3) is 0 Å². The first-order valence-corrected chi connectivity index (χ1v) is 9.63. The first-order chi connectivity index (χ1) is 15.0. The van der Waals surface area contributed by atoms with Gasteiger partial charge in [-0.3, -0.25) is 5.32 Å². The van der Waals surface area contributed by atoms with Crippen molar-refractivity contribution in [1.29, 1.82) is 0 Å². The molecule has 2 aromatic carbocycles. The molecule has 4 aromatic rings. The smallest absolute Gasteiger partial charge is 0.231 e. The van der Waals surface area contributed by atoms with Crippen LogP contribution in [0.25, 0.3) is 11.0 Å². The summed E-state index contributed by atoms with van der Waals surface area (Å²) in [4.78, 5) is 13.6. The zero-order chi connectivity index (χ0) is 22.0. The number of imidazole rings is 1. The lowest BCUT2D eigenvalue weighted by atomic mass is 10.2. The molecule has 0 unspecified atom stereocenters. The van der Waals surface area contributed by atoms with Crippen molar-refractivity contribution in [2.75, 3.05) is 32.0 Å². The first kappa shape index (κ1) is 20.3. The quantitative estimate of drug-likeness (QED) is 0.460. The fourth-order valence-electron chi connectivity index (χ4n) is 3.28. The number of aryl methyl sites for hydroxylation is 2. The van der Waals surface area contributed by atoms with Crippen LogP contribution < -0.4 is 24.8 Å². The van der Waals surface area contributed by atoms with E-state index in [2.05, 4.69) is 25.6 Å². The van der Waals surface area contributed by atoms with Crippen molar-refractivity contribution in [2.45, 2.75) is 6.92 Å². The Hall–Kier alpha value is -4.01. The molecule has 0 spiro atoms. The number of hydrogen-bond acceptors (Lipinski definition) is 8. The molecule has 0 fully saturated rings. The summed E-state index contributed by atoms with van der Waals surface area (Å²) in [6.45, 7) is 1.93. The maximum Gasteiger partial charge on any atom is 0.231 e. The highest BCUT2D eigenvalue weighted by Gasteiger charge is 2.15. The number of fused-ring (bicyclic) bond motifs is 1. The van der Waals surface area contributed by atoms with Gasteiger partial charge >= 0.3 is 0 Å². The Kier molecular flexibility index (Phi) is 5.48. The van der Waals surface area contributed by atoms with Gasteiger partial charge in [0.05, 0.1) is 32.4 Å². The predicted octanol–water partition coefficient (Wildman–Crippen LogP) is 4.18. The summed E-state index contributed by atoms with van der Waals surface area (Å²) >= 11 is 0. The van der Waals surface area contributed by atoms with Crippen molar-refractivity contribution >= 4 is 34.4 Å². The summed E-state index contributed by atoms with van der Waals surface area (Å²) < 4.78 is 18.2. The number of anilines is 4. The number of methoxy groups -OCH3 is 3. The van der Waals surface area contributed by atoms with Gasteiger partial charge in [-0.15, -0.1) is 0 Å². The molecule has 2 N–H and O–H groups in total. The summed E-state index contributed by atoms with van der Waals surface area (Å²) in [5.41, 5.74) is 3.54. The Morgan fingerprint density at radius 2 is 1.61 bits per heavy atom. The van der Waals surface area contributed by atoms with Gasteiger partial charge in [0.1, 0.15) is 5.82 Å². The highest BCUT2D eigenvalue weighted by atomic mass is 16.5. The maximum atomic E-state index is 5.43. The van der Waals surface area contributed by atoms with Crippen LogP contribution in [0, 0.1) is 6.92 Å². The van der Waals surface area contributed by atoms with Crippen LogP contribution >= 0.6 is 0 Å². The second-order valence-corrected chi connectivity index (χ2v) is 6.87. The van der Waals surface area contributed by atoms with E-state index in [1.165, 1.54) is 0 Å². The largest absolute Gasteiger partial charge is 0.493 e. The van der Waals surface area contributed by atoms with Crippen LogP contribution in [0.15, 0.2) is 42.6 Å². The molecule has 31 heavy (non-hydrogen) atoms. The van der Waals surface area contributed by atoms with E-state index >= 15 is 0 Å². The summed E-state index contributed by atoms with van der Waals surface area (Å²) in [7, 11) is 6.67. The van der Waals surface area contributed by atoms with E-state index in [1.807, 2.05) is 54.9 Å². The molecule has 2 heterocycles. The Balaban J connectivity index is 1.65. The van der Waals surface area contributed by atoms with Gasteiger partial charge in [-0.2, -0.15) is 4.98 Å². The van der Waals surface area contributed by atoms with Crippen molar-refractivity contribution in [1.82, 2.24) is 19.5 Å². The Bertz CT molecular complexity index is 1210.